The Hall–Kier alpha value is -1.10. The predicted octanol–water partition coefficient (Wildman–Crippen LogP) is 3.01. The summed E-state index contributed by atoms with van der Waals surface area (Å²) >= 11 is 1.57. The highest BCUT2D eigenvalue weighted by atomic mass is 32.1. The van der Waals surface area contributed by atoms with Gasteiger partial charge in [-0.15, -0.1) is 11.3 Å². The molecule has 2 N–H and O–H groups in total. The molecule has 2 unspecified atom stereocenters. The first kappa shape index (κ1) is 13.3. The second-order valence-electron chi connectivity index (χ2n) is 5.20. The van der Waals surface area contributed by atoms with Gasteiger partial charge in [-0.25, -0.2) is 4.98 Å². The SMILES string of the molecule is CC1CCC(CNc2nc(CCC(=O)O)cs2)C1. The Morgan fingerprint density at radius 3 is 3.11 bits per heavy atom. The number of carbonyl (C=O) groups is 1. The fourth-order valence-corrected chi connectivity index (χ4v) is 3.23. The van der Waals surface area contributed by atoms with Crippen LogP contribution in [-0.2, 0) is 11.2 Å². The van der Waals surface area contributed by atoms with Gasteiger partial charge in [0.25, 0.3) is 0 Å². The average Bonchev–Trinajstić information content (AvgIpc) is 2.93. The summed E-state index contributed by atoms with van der Waals surface area (Å²) in [6, 6.07) is 0. The molecule has 1 aliphatic carbocycles. The van der Waals surface area contributed by atoms with E-state index in [1.165, 1.54) is 19.3 Å². The van der Waals surface area contributed by atoms with Crippen LogP contribution in [0.2, 0.25) is 0 Å². The van der Waals surface area contributed by atoms with Crippen LogP contribution in [0.1, 0.15) is 38.3 Å². The fourth-order valence-electron chi connectivity index (χ4n) is 2.48. The van der Waals surface area contributed by atoms with Crippen molar-refractivity contribution in [3.8, 4) is 0 Å². The molecule has 5 heteroatoms. The highest BCUT2D eigenvalue weighted by molar-refractivity contribution is 7.13. The topological polar surface area (TPSA) is 62.2 Å². The highest BCUT2D eigenvalue weighted by Gasteiger charge is 2.21. The Morgan fingerprint density at radius 2 is 2.44 bits per heavy atom. The number of carboxylic acids is 1. The van der Waals surface area contributed by atoms with E-state index < -0.39 is 5.97 Å². The van der Waals surface area contributed by atoms with Gasteiger partial charge in [-0.1, -0.05) is 13.3 Å². The van der Waals surface area contributed by atoms with Crippen LogP contribution >= 0.6 is 11.3 Å². The van der Waals surface area contributed by atoms with E-state index in [1.807, 2.05) is 5.38 Å². The van der Waals surface area contributed by atoms with Gasteiger partial charge in [0.05, 0.1) is 12.1 Å². The summed E-state index contributed by atoms with van der Waals surface area (Å²) in [6.07, 6.45) is 4.64. The van der Waals surface area contributed by atoms with Crippen molar-refractivity contribution in [1.82, 2.24) is 4.98 Å². The molecule has 2 rings (SSSR count). The van der Waals surface area contributed by atoms with Gasteiger partial charge in [-0.3, -0.25) is 4.79 Å². The van der Waals surface area contributed by atoms with Crippen LogP contribution in [0.15, 0.2) is 5.38 Å². The van der Waals surface area contributed by atoms with E-state index in [0.717, 1.165) is 29.2 Å². The van der Waals surface area contributed by atoms with E-state index in [1.54, 1.807) is 11.3 Å². The number of aliphatic carboxylic acids is 1. The number of nitrogens with one attached hydrogen (secondary N) is 1. The van der Waals surface area contributed by atoms with Gasteiger partial charge in [-0.05, 0) is 24.7 Å². The molecule has 2 atom stereocenters. The normalized spacial score (nSPS) is 23.2. The first-order chi connectivity index (χ1) is 8.63. The zero-order valence-electron chi connectivity index (χ0n) is 10.7. The van der Waals surface area contributed by atoms with Gasteiger partial charge >= 0.3 is 5.97 Å². The zero-order valence-corrected chi connectivity index (χ0v) is 11.5. The number of hydrogen-bond donors (Lipinski definition) is 2. The van der Waals surface area contributed by atoms with Crippen molar-refractivity contribution in [1.29, 1.82) is 0 Å². The summed E-state index contributed by atoms with van der Waals surface area (Å²) in [6.45, 7) is 3.31. The summed E-state index contributed by atoms with van der Waals surface area (Å²) in [7, 11) is 0. The van der Waals surface area contributed by atoms with Gasteiger partial charge < -0.3 is 10.4 Å². The summed E-state index contributed by atoms with van der Waals surface area (Å²) < 4.78 is 0. The molecule has 0 aromatic carbocycles. The van der Waals surface area contributed by atoms with Crippen LogP contribution in [0, 0.1) is 11.8 Å². The van der Waals surface area contributed by atoms with E-state index in [9.17, 15) is 4.79 Å². The van der Waals surface area contributed by atoms with E-state index in [0.29, 0.717) is 6.42 Å². The molecule has 0 radical (unpaired) electrons. The van der Waals surface area contributed by atoms with Crippen molar-refractivity contribution in [2.24, 2.45) is 11.8 Å². The molecule has 1 aromatic heterocycles. The predicted molar refractivity (Wildman–Crippen MR) is 73.1 cm³/mol. The number of thiazole rings is 1. The molecule has 0 spiro atoms. The van der Waals surface area contributed by atoms with Crippen LogP contribution < -0.4 is 5.32 Å². The molecule has 1 aromatic rings. The Kier molecular flexibility index (Phi) is 4.58. The molecule has 18 heavy (non-hydrogen) atoms. The molecule has 0 aliphatic heterocycles. The third-order valence-corrected chi connectivity index (χ3v) is 4.34. The van der Waals surface area contributed by atoms with Gasteiger partial charge in [0.1, 0.15) is 0 Å². The third-order valence-electron chi connectivity index (χ3n) is 3.49. The minimum atomic E-state index is -0.766. The fraction of sp³-hybridized carbons (Fsp3) is 0.692. The molecular weight excluding hydrogens is 248 g/mol. The maximum Gasteiger partial charge on any atom is 0.303 e. The number of aryl methyl sites for hydroxylation is 1. The number of anilines is 1. The van der Waals surface area contributed by atoms with Crippen molar-refractivity contribution < 1.29 is 9.90 Å². The van der Waals surface area contributed by atoms with E-state index >= 15 is 0 Å². The Bertz CT molecular complexity index is 405. The largest absolute Gasteiger partial charge is 0.481 e. The molecule has 4 nitrogen and oxygen atoms in total. The van der Waals surface area contributed by atoms with Gasteiger partial charge in [0.15, 0.2) is 5.13 Å². The van der Waals surface area contributed by atoms with Crippen LogP contribution in [0.25, 0.3) is 0 Å². The van der Waals surface area contributed by atoms with E-state index in [2.05, 4.69) is 17.2 Å². The van der Waals surface area contributed by atoms with E-state index in [-0.39, 0.29) is 6.42 Å². The summed E-state index contributed by atoms with van der Waals surface area (Å²) in [5, 5.41) is 14.9. The standard InChI is InChI=1S/C13H20N2O2S/c1-9-2-3-10(6-9)7-14-13-15-11(8-18-13)4-5-12(16)17/h8-10H,2-7H2,1H3,(H,14,15)(H,16,17). The van der Waals surface area contributed by atoms with Gasteiger partial charge in [0, 0.05) is 18.3 Å². The number of hydrogen-bond acceptors (Lipinski definition) is 4. The molecule has 100 valence electrons. The first-order valence-corrected chi connectivity index (χ1v) is 7.41. The maximum atomic E-state index is 10.5. The second kappa shape index (κ2) is 6.18. The summed E-state index contributed by atoms with van der Waals surface area (Å²) in [5.74, 6) is 0.864. The summed E-state index contributed by atoms with van der Waals surface area (Å²) in [4.78, 5) is 14.9. The molecule has 1 fully saturated rings. The van der Waals surface area contributed by atoms with Crippen molar-refractivity contribution in [3.05, 3.63) is 11.1 Å². The zero-order chi connectivity index (χ0) is 13.0. The minimum absolute atomic E-state index is 0.156. The van der Waals surface area contributed by atoms with Crippen LogP contribution in [0.4, 0.5) is 5.13 Å². The maximum absolute atomic E-state index is 10.5. The lowest BCUT2D eigenvalue weighted by Crippen LogP contribution is -2.11. The quantitative estimate of drug-likeness (QED) is 0.832. The third kappa shape index (κ3) is 3.98. The van der Waals surface area contributed by atoms with Gasteiger partial charge in [0.2, 0.25) is 0 Å². The number of aromatic nitrogens is 1. The molecule has 0 bridgehead atoms. The van der Waals surface area contributed by atoms with Crippen LogP contribution in [0.3, 0.4) is 0 Å². The van der Waals surface area contributed by atoms with Crippen LogP contribution in [0.5, 0.6) is 0 Å². The molecule has 1 heterocycles. The summed E-state index contributed by atoms with van der Waals surface area (Å²) in [5.41, 5.74) is 0.879. The second-order valence-corrected chi connectivity index (χ2v) is 6.06. The van der Waals surface area contributed by atoms with Crippen molar-refractivity contribution in [2.75, 3.05) is 11.9 Å². The number of rotatable bonds is 6. The lowest BCUT2D eigenvalue weighted by Gasteiger charge is -2.09. The van der Waals surface area contributed by atoms with Gasteiger partial charge in [-0.2, -0.15) is 0 Å². The molecule has 1 aliphatic rings. The lowest BCUT2D eigenvalue weighted by molar-refractivity contribution is -0.136. The van der Waals surface area contributed by atoms with Crippen molar-refractivity contribution in [2.45, 2.75) is 39.0 Å². The Labute approximate surface area is 111 Å². The molecular formula is C13H20N2O2S. The minimum Gasteiger partial charge on any atom is -0.481 e. The molecule has 0 amide bonds. The Morgan fingerprint density at radius 1 is 1.61 bits per heavy atom. The van der Waals surface area contributed by atoms with Crippen molar-refractivity contribution in [3.63, 3.8) is 0 Å². The highest BCUT2D eigenvalue weighted by Crippen LogP contribution is 2.30. The van der Waals surface area contributed by atoms with E-state index in [4.69, 9.17) is 5.11 Å². The Balaban J connectivity index is 1.74. The molecule has 1 saturated carbocycles. The smallest absolute Gasteiger partial charge is 0.303 e. The monoisotopic (exact) mass is 268 g/mol. The van der Waals surface area contributed by atoms with Crippen LogP contribution in [-0.4, -0.2) is 22.6 Å². The average molecular weight is 268 g/mol. The number of nitrogens with zero attached hydrogens (tertiary/aromatic N) is 1. The first-order valence-electron chi connectivity index (χ1n) is 6.53. The van der Waals surface area contributed by atoms with Crippen molar-refractivity contribution >= 4 is 22.4 Å². The lowest BCUT2D eigenvalue weighted by atomic mass is 10.1. The number of carboxylic acid groups (broad SMARTS) is 1. The molecule has 0 saturated heterocycles.